The van der Waals surface area contributed by atoms with E-state index in [2.05, 4.69) is 22.4 Å². The molecule has 0 spiro atoms. The van der Waals surface area contributed by atoms with Crippen LogP contribution in [0.3, 0.4) is 0 Å². The zero-order chi connectivity index (χ0) is 22.5. The lowest BCUT2D eigenvalue weighted by Gasteiger charge is -2.09. The molecule has 0 saturated heterocycles. The van der Waals surface area contributed by atoms with Crippen molar-refractivity contribution in [3.63, 3.8) is 0 Å². The Balaban J connectivity index is 1.38. The molecule has 32 heavy (non-hydrogen) atoms. The predicted octanol–water partition coefficient (Wildman–Crippen LogP) is 4.94. The van der Waals surface area contributed by atoms with Crippen molar-refractivity contribution in [3.8, 4) is 5.75 Å². The third kappa shape index (κ3) is 5.00. The number of hydrogen-bond acceptors (Lipinski definition) is 4. The monoisotopic (exact) mass is 449 g/mol. The Morgan fingerprint density at radius 3 is 2.75 bits per heavy atom. The van der Waals surface area contributed by atoms with Gasteiger partial charge in [0.2, 0.25) is 0 Å². The van der Waals surface area contributed by atoms with Gasteiger partial charge in [-0.3, -0.25) is 14.2 Å². The molecule has 1 N–H and O–H groups in total. The predicted molar refractivity (Wildman–Crippen MR) is 124 cm³/mol. The summed E-state index contributed by atoms with van der Waals surface area (Å²) < 4.78 is 9.50. The van der Waals surface area contributed by atoms with Gasteiger partial charge in [0.25, 0.3) is 5.91 Å². The molecule has 4 aromatic rings. The third-order valence-electron chi connectivity index (χ3n) is 5.15. The van der Waals surface area contributed by atoms with Gasteiger partial charge in [-0.05, 0) is 43.7 Å². The van der Waals surface area contributed by atoms with Crippen molar-refractivity contribution >= 4 is 23.2 Å². The maximum absolute atomic E-state index is 12.7. The Bertz CT molecular complexity index is 1230. The maximum atomic E-state index is 12.7. The molecule has 1 amide bonds. The molecule has 7 nitrogen and oxygen atoms in total. The molecule has 0 aliphatic heterocycles. The van der Waals surface area contributed by atoms with E-state index in [-0.39, 0.29) is 5.91 Å². The first-order valence-electron chi connectivity index (χ1n) is 10.3. The molecule has 2 heterocycles. The third-order valence-corrected chi connectivity index (χ3v) is 5.46. The van der Waals surface area contributed by atoms with Crippen LogP contribution in [0.2, 0.25) is 5.02 Å². The number of aryl methyl sites for hydroxylation is 1. The number of anilines is 1. The molecule has 2 aromatic heterocycles. The quantitative estimate of drug-likeness (QED) is 0.413. The number of nitrogens with one attached hydrogen (secondary N) is 1. The highest BCUT2D eigenvalue weighted by Crippen LogP contribution is 2.24. The van der Waals surface area contributed by atoms with Crippen LogP contribution >= 0.6 is 11.6 Å². The van der Waals surface area contributed by atoms with Crippen molar-refractivity contribution in [1.82, 2.24) is 19.6 Å². The molecule has 0 unspecified atom stereocenters. The van der Waals surface area contributed by atoms with Gasteiger partial charge in [-0.2, -0.15) is 10.2 Å². The molecule has 0 radical (unpaired) electrons. The number of ether oxygens (including phenoxy) is 1. The van der Waals surface area contributed by atoms with E-state index in [0.717, 1.165) is 23.4 Å². The van der Waals surface area contributed by atoms with Crippen molar-refractivity contribution in [2.75, 3.05) is 5.32 Å². The SMILES string of the molecule is CCn1ncc(Cn2cc(NC(=O)c3cccc(COc4ccccc4Cl)c3)cn2)c1C. The van der Waals surface area contributed by atoms with Gasteiger partial charge in [-0.1, -0.05) is 35.9 Å². The Hall–Kier alpha value is -3.58. The summed E-state index contributed by atoms with van der Waals surface area (Å²) in [5.74, 6) is 0.398. The molecule has 0 bridgehead atoms. The molecule has 164 valence electrons. The summed E-state index contributed by atoms with van der Waals surface area (Å²) in [5, 5.41) is 12.2. The average Bonchev–Trinajstić information content (AvgIpc) is 3.39. The molecular weight excluding hydrogens is 426 g/mol. The number of para-hydroxylation sites is 1. The lowest BCUT2D eigenvalue weighted by Crippen LogP contribution is -2.12. The molecule has 0 atom stereocenters. The van der Waals surface area contributed by atoms with E-state index in [0.29, 0.717) is 35.2 Å². The van der Waals surface area contributed by atoms with E-state index >= 15 is 0 Å². The Labute approximate surface area is 191 Å². The molecule has 8 heteroatoms. The van der Waals surface area contributed by atoms with Crippen LogP contribution in [0.15, 0.2) is 67.1 Å². The van der Waals surface area contributed by atoms with Gasteiger partial charge in [0.05, 0.1) is 29.6 Å². The molecule has 0 aliphatic carbocycles. The zero-order valence-corrected chi connectivity index (χ0v) is 18.7. The van der Waals surface area contributed by atoms with Crippen LogP contribution in [0.5, 0.6) is 5.75 Å². The minimum atomic E-state index is -0.209. The van der Waals surface area contributed by atoms with E-state index in [1.165, 1.54) is 0 Å². The van der Waals surface area contributed by atoms with Crippen molar-refractivity contribution in [1.29, 1.82) is 0 Å². The van der Waals surface area contributed by atoms with E-state index in [1.807, 2.05) is 54.3 Å². The van der Waals surface area contributed by atoms with Gasteiger partial charge >= 0.3 is 0 Å². The van der Waals surface area contributed by atoms with Gasteiger partial charge in [-0.15, -0.1) is 0 Å². The second kappa shape index (κ2) is 9.70. The largest absolute Gasteiger partial charge is 0.487 e. The fourth-order valence-electron chi connectivity index (χ4n) is 3.38. The topological polar surface area (TPSA) is 74.0 Å². The normalized spacial score (nSPS) is 10.8. The summed E-state index contributed by atoms with van der Waals surface area (Å²) in [6.07, 6.45) is 5.31. The van der Waals surface area contributed by atoms with E-state index in [1.54, 1.807) is 29.1 Å². The average molecular weight is 450 g/mol. The smallest absolute Gasteiger partial charge is 0.255 e. The fourth-order valence-corrected chi connectivity index (χ4v) is 3.57. The molecule has 4 rings (SSSR count). The van der Waals surface area contributed by atoms with Gasteiger partial charge in [-0.25, -0.2) is 0 Å². The van der Waals surface area contributed by atoms with Crippen molar-refractivity contribution in [2.24, 2.45) is 0 Å². The fraction of sp³-hybridized carbons (Fsp3) is 0.208. The van der Waals surface area contributed by atoms with Crippen LogP contribution in [-0.2, 0) is 19.7 Å². The summed E-state index contributed by atoms with van der Waals surface area (Å²) in [7, 11) is 0. The summed E-state index contributed by atoms with van der Waals surface area (Å²) >= 11 is 6.13. The molecule has 2 aromatic carbocycles. The first-order chi connectivity index (χ1) is 15.5. The minimum absolute atomic E-state index is 0.209. The summed E-state index contributed by atoms with van der Waals surface area (Å²) in [6.45, 7) is 5.84. The van der Waals surface area contributed by atoms with Crippen molar-refractivity contribution in [3.05, 3.63) is 94.5 Å². The Kier molecular flexibility index (Phi) is 6.56. The summed E-state index contributed by atoms with van der Waals surface area (Å²) in [6, 6.07) is 14.6. The first kappa shape index (κ1) is 21.6. The van der Waals surface area contributed by atoms with Crippen LogP contribution in [-0.4, -0.2) is 25.5 Å². The van der Waals surface area contributed by atoms with Crippen molar-refractivity contribution < 1.29 is 9.53 Å². The number of carbonyl (C=O) groups excluding carboxylic acids is 1. The van der Waals surface area contributed by atoms with E-state index in [9.17, 15) is 4.79 Å². The lowest BCUT2D eigenvalue weighted by atomic mass is 10.1. The number of aromatic nitrogens is 4. The van der Waals surface area contributed by atoms with Gasteiger partial charge < -0.3 is 10.1 Å². The Morgan fingerprint density at radius 1 is 1.12 bits per heavy atom. The van der Waals surface area contributed by atoms with Crippen LogP contribution in [0.4, 0.5) is 5.69 Å². The number of halogens is 1. The second-order valence-electron chi connectivity index (χ2n) is 7.37. The van der Waals surface area contributed by atoms with Crippen LogP contribution in [0, 0.1) is 6.92 Å². The van der Waals surface area contributed by atoms with Crippen LogP contribution in [0.1, 0.15) is 34.1 Å². The standard InChI is InChI=1S/C24H24ClN5O2/c1-3-30-17(2)20(12-27-30)14-29-15-21(13-26-29)28-24(31)19-8-6-7-18(11-19)16-32-23-10-5-4-9-22(23)25/h4-13,15H,3,14,16H2,1-2H3,(H,28,31). The molecular formula is C24H24ClN5O2. The lowest BCUT2D eigenvalue weighted by molar-refractivity contribution is 0.102. The van der Waals surface area contributed by atoms with Gasteiger partial charge in [0.15, 0.2) is 0 Å². The zero-order valence-electron chi connectivity index (χ0n) is 18.0. The highest BCUT2D eigenvalue weighted by Gasteiger charge is 2.11. The maximum Gasteiger partial charge on any atom is 0.255 e. The summed E-state index contributed by atoms with van der Waals surface area (Å²) in [4.78, 5) is 12.7. The number of carbonyl (C=O) groups is 1. The highest BCUT2D eigenvalue weighted by atomic mass is 35.5. The van der Waals surface area contributed by atoms with Gasteiger partial charge in [0.1, 0.15) is 12.4 Å². The number of nitrogens with zero attached hydrogens (tertiary/aromatic N) is 4. The number of amides is 1. The number of hydrogen-bond donors (Lipinski definition) is 1. The van der Waals surface area contributed by atoms with Gasteiger partial charge in [0, 0.05) is 29.6 Å². The molecule has 0 fully saturated rings. The molecule has 0 saturated carbocycles. The van der Waals surface area contributed by atoms with E-state index in [4.69, 9.17) is 16.3 Å². The number of benzene rings is 2. The minimum Gasteiger partial charge on any atom is -0.487 e. The highest BCUT2D eigenvalue weighted by molar-refractivity contribution is 6.32. The Morgan fingerprint density at radius 2 is 1.97 bits per heavy atom. The van der Waals surface area contributed by atoms with Crippen molar-refractivity contribution in [2.45, 2.75) is 33.5 Å². The van der Waals surface area contributed by atoms with E-state index < -0.39 is 0 Å². The molecule has 0 aliphatic rings. The van der Waals surface area contributed by atoms with Crippen LogP contribution in [0.25, 0.3) is 0 Å². The number of rotatable bonds is 8. The first-order valence-corrected chi connectivity index (χ1v) is 10.7. The van der Waals surface area contributed by atoms with Crippen LogP contribution < -0.4 is 10.1 Å². The second-order valence-corrected chi connectivity index (χ2v) is 7.78. The summed E-state index contributed by atoms with van der Waals surface area (Å²) in [5.41, 5.74) is 4.26.